The SMILES string of the molecule is CC1CCC(C(F)(F)F)C1.CC1CCC(C(F)(F)F)CC1.CC1CCC(C)C1.CC1CCC(C)CC1.CC1CCC(F)(F)CC1.CC1CCCC(C(F)(F)F)C1.CC1CCCC(C)C1.CC1CCCC1.CC1CCCC1C.CC1CCCC1C(F)(F)F.CC1CCCCC1.CC1CCCCC1C.CC1CCCCC1C(F)(F)F. The van der Waals surface area contributed by atoms with E-state index in [4.69, 9.17) is 0 Å². The zero-order chi connectivity index (χ0) is 85.9. The van der Waals surface area contributed by atoms with Gasteiger partial charge in [-0.15, -0.1) is 0 Å². The van der Waals surface area contributed by atoms with Crippen LogP contribution >= 0.6 is 0 Å². The van der Waals surface area contributed by atoms with E-state index in [0.29, 0.717) is 76.0 Å². The second-order valence-electron chi connectivity index (χ2n) is 40.7. The van der Waals surface area contributed by atoms with Crippen molar-refractivity contribution >= 4 is 0 Å². The Bertz CT molecular complexity index is 2170. The number of hydrogen-bond acceptors (Lipinski definition) is 0. The summed E-state index contributed by atoms with van der Waals surface area (Å²) in [6.07, 6.45) is 32.4. The van der Waals surface area contributed by atoms with Crippen molar-refractivity contribution in [3.8, 4) is 0 Å². The Hall–Kier alpha value is -1.19. The van der Waals surface area contributed by atoms with Gasteiger partial charge in [0.2, 0.25) is 5.92 Å². The highest BCUT2D eigenvalue weighted by atomic mass is 19.4. The minimum atomic E-state index is -3.96. The summed E-state index contributed by atoms with van der Waals surface area (Å²) < 4.78 is 206. The van der Waals surface area contributed by atoms with Crippen LogP contribution in [0.3, 0.4) is 0 Å². The monoisotopic (exact) mass is 1650 g/mol. The average molecular weight is 1650 g/mol. The quantitative estimate of drug-likeness (QED) is 0.212. The van der Waals surface area contributed by atoms with Gasteiger partial charge in [-0.2, -0.15) is 65.9 Å². The maximum atomic E-state index is 12.4. The van der Waals surface area contributed by atoms with Gasteiger partial charge >= 0.3 is 30.9 Å². The molecule has 0 aromatic heterocycles. The van der Waals surface area contributed by atoms with Crippen LogP contribution in [0.4, 0.5) is 74.6 Å². The van der Waals surface area contributed by atoms with Crippen molar-refractivity contribution in [2.75, 3.05) is 0 Å². The molecule has 0 heterocycles. The van der Waals surface area contributed by atoms with Gasteiger partial charge in [-0.05, 0) is 184 Å². The van der Waals surface area contributed by atoms with Gasteiger partial charge in [0.05, 0.1) is 29.6 Å². The van der Waals surface area contributed by atoms with E-state index in [0.717, 1.165) is 135 Å². The average Bonchev–Trinajstić information content (AvgIpc) is 1.72. The molecule has 0 N–H and O–H groups in total. The number of rotatable bonds is 0. The maximum absolute atomic E-state index is 12.4. The Morgan fingerprint density at radius 2 is 0.372 bits per heavy atom. The first-order chi connectivity index (χ1) is 52.4. The highest BCUT2D eigenvalue weighted by Gasteiger charge is 2.47. The van der Waals surface area contributed by atoms with E-state index in [9.17, 15) is 74.6 Å². The third kappa shape index (κ3) is 54.0. The van der Waals surface area contributed by atoms with Gasteiger partial charge in [-0.1, -0.05) is 349 Å². The van der Waals surface area contributed by atoms with Crippen LogP contribution in [0.1, 0.15) is 439 Å². The Labute approximate surface area is 683 Å². The first-order valence-corrected chi connectivity index (χ1v) is 47.1. The van der Waals surface area contributed by atoms with E-state index in [-0.39, 0.29) is 36.5 Å². The fourth-order valence-corrected chi connectivity index (χ4v) is 19.4. The lowest BCUT2D eigenvalue weighted by molar-refractivity contribution is -0.194. The Kier molecular flexibility index (Phi) is 55.6. The minimum absolute atomic E-state index is 0.105. The fourth-order valence-electron chi connectivity index (χ4n) is 19.4. The summed E-state index contributed by atoms with van der Waals surface area (Å²) in [5.41, 5.74) is 0. The molecule has 13 fully saturated rings. The van der Waals surface area contributed by atoms with Gasteiger partial charge < -0.3 is 0 Å². The van der Waals surface area contributed by atoms with Gasteiger partial charge in [-0.3, -0.25) is 0 Å². The Morgan fingerprint density at radius 1 is 0.168 bits per heavy atom. The van der Waals surface area contributed by atoms with Crippen LogP contribution in [0.15, 0.2) is 0 Å². The smallest absolute Gasteiger partial charge is 0.207 e. The van der Waals surface area contributed by atoms with Crippen molar-refractivity contribution in [1.82, 2.24) is 0 Å². The van der Waals surface area contributed by atoms with Crippen molar-refractivity contribution < 1.29 is 74.6 Å². The second-order valence-corrected chi connectivity index (χ2v) is 40.7. The molecule has 13 aliphatic carbocycles. The van der Waals surface area contributed by atoms with Crippen molar-refractivity contribution in [1.29, 1.82) is 0 Å². The summed E-state index contributed by atoms with van der Waals surface area (Å²) in [6, 6.07) is 0. The summed E-state index contributed by atoms with van der Waals surface area (Å²) in [4.78, 5) is 0. The van der Waals surface area contributed by atoms with Gasteiger partial charge in [0.25, 0.3) is 0 Å². The van der Waals surface area contributed by atoms with Crippen molar-refractivity contribution in [3.63, 3.8) is 0 Å². The zero-order valence-electron chi connectivity index (χ0n) is 75.4. The van der Waals surface area contributed by atoms with E-state index < -0.39 is 66.4 Å². The molecule has 17 heteroatoms. The molecule has 0 spiro atoms. The lowest BCUT2D eigenvalue weighted by Crippen LogP contribution is -2.31. The van der Waals surface area contributed by atoms with E-state index >= 15 is 0 Å². The van der Waals surface area contributed by atoms with E-state index in [1.165, 1.54) is 173 Å². The minimum Gasteiger partial charge on any atom is -0.207 e. The van der Waals surface area contributed by atoms with Crippen LogP contribution in [0.5, 0.6) is 0 Å². The molecule has 678 valence electrons. The largest absolute Gasteiger partial charge is 0.392 e. The van der Waals surface area contributed by atoms with E-state index in [1.807, 2.05) is 27.7 Å². The molecule has 0 bridgehead atoms. The summed E-state index contributed by atoms with van der Waals surface area (Å²) >= 11 is 0. The third-order valence-corrected chi connectivity index (χ3v) is 28.7. The number of hydrogen-bond donors (Lipinski definition) is 0. The molecular formula is C96H175F17. The van der Waals surface area contributed by atoms with Crippen molar-refractivity contribution in [2.45, 2.75) is 476 Å². The molecule has 16 unspecified atom stereocenters. The molecule has 0 radical (unpaired) electrons. The predicted molar refractivity (Wildman–Crippen MR) is 444 cm³/mol. The van der Waals surface area contributed by atoms with Gasteiger partial charge in [0, 0.05) is 12.8 Å². The molecule has 0 aromatic carbocycles. The molecule has 0 saturated heterocycles. The van der Waals surface area contributed by atoms with Crippen LogP contribution in [-0.4, -0.2) is 36.8 Å². The molecule has 13 aliphatic rings. The highest BCUT2D eigenvalue weighted by molar-refractivity contribution is 4.83. The van der Waals surface area contributed by atoms with Crippen LogP contribution in [0.25, 0.3) is 0 Å². The number of halogens is 17. The van der Waals surface area contributed by atoms with E-state index in [2.05, 4.69) is 83.1 Å². The number of alkyl halides is 17. The molecule has 13 rings (SSSR count). The standard InChI is InChI=1S/3C8H13F3.3C8H16.2C7H11F3.C7H12F2.3C7H14.C6H12/c1-6-2-4-7(5-3-6)8(9,10)11;1-6-3-2-4-7(5-6)8(9,10)11;1-6-4-2-3-5-7(6)8(9,10)11;1-7-3-5-8(2)6-4-7;1-7-4-3-5-8(2)6-7;1-7-5-3-4-6-8(7)2;1-5-2-3-6(4-5)7(8,9)10;1-5-3-2-4-6(5)7(8,9)10;1-6-2-4-7(8,9)5-3-6;1-6-3-4-7(2)5-6;1-6-4-3-5-7(6)2;1-7-5-3-2-4-6-7;1-6-4-2-3-5-6/h3*6-7H,2-5H2,1H3;3*7-8H,3-6H2,1-2H3;2*5-6H,2-4H2,1H3;6H,2-5H2,1H3;2*6-7H,3-5H2,1-2H3;7H,2-6H2,1H3;6H,2-5H2,1H3. The van der Waals surface area contributed by atoms with Gasteiger partial charge in [-0.25, -0.2) is 8.78 Å². The first-order valence-electron chi connectivity index (χ1n) is 47.1. The Balaban J connectivity index is 0.000000614. The molecule has 0 aliphatic heterocycles. The lowest BCUT2D eigenvalue weighted by Gasteiger charge is -2.30. The predicted octanol–water partition coefficient (Wildman–Crippen LogP) is 37.1. The summed E-state index contributed by atoms with van der Waals surface area (Å²) in [6.45, 7) is 39.6. The highest BCUT2D eigenvalue weighted by Crippen LogP contribution is 2.46. The van der Waals surface area contributed by atoms with Gasteiger partial charge in [0.1, 0.15) is 0 Å². The molecule has 16 atom stereocenters. The normalized spacial score (nSPS) is 34.9. The maximum Gasteiger partial charge on any atom is 0.392 e. The molecular weight excluding hydrogens is 1480 g/mol. The molecule has 0 aromatic rings. The fraction of sp³-hybridized carbons (Fsp3) is 1.00. The van der Waals surface area contributed by atoms with Crippen LogP contribution in [0.2, 0.25) is 0 Å². The van der Waals surface area contributed by atoms with Crippen molar-refractivity contribution in [2.24, 2.45) is 136 Å². The topological polar surface area (TPSA) is 0 Å². The first kappa shape index (κ1) is 110. The summed E-state index contributed by atoms with van der Waals surface area (Å²) in [7, 11) is 0. The van der Waals surface area contributed by atoms with Crippen LogP contribution in [0, 0.1) is 136 Å². The molecule has 13 saturated carbocycles. The lowest BCUT2D eigenvalue weighted by atomic mass is 9.80. The molecule has 0 nitrogen and oxygen atoms in total. The van der Waals surface area contributed by atoms with Crippen LogP contribution in [-0.2, 0) is 0 Å². The Morgan fingerprint density at radius 3 is 0.593 bits per heavy atom. The van der Waals surface area contributed by atoms with Crippen molar-refractivity contribution in [3.05, 3.63) is 0 Å². The van der Waals surface area contributed by atoms with Crippen LogP contribution < -0.4 is 0 Å². The molecule has 0 amide bonds. The third-order valence-electron chi connectivity index (χ3n) is 28.7. The molecule has 113 heavy (non-hydrogen) atoms. The summed E-state index contributed by atoms with van der Waals surface area (Å²) in [5.74, 6) is 6.01. The van der Waals surface area contributed by atoms with Gasteiger partial charge in [0.15, 0.2) is 0 Å². The zero-order valence-corrected chi connectivity index (χ0v) is 75.4. The summed E-state index contributed by atoms with van der Waals surface area (Å²) in [5, 5.41) is 0. The second kappa shape index (κ2) is 57.2. The van der Waals surface area contributed by atoms with E-state index in [1.54, 1.807) is 13.8 Å².